The van der Waals surface area contributed by atoms with Crippen molar-refractivity contribution < 1.29 is 9.90 Å². The van der Waals surface area contributed by atoms with Gasteiger partial charge in [0.15, 0.2) is 0 Å². The molecule has 2 fully saturated rings. The van der Waals surface area contributed by atoms with Gasteiger partial charge in [-0.2, -0.15) is 0 Å². The second kappa shape index (κ2) is 6.05. The lowest BCUT2D eigenvalue weighted by Crippen LogP contribution is -2.47. The highest BCUT2D eigenvalue weighted by molar-refractivity contribution is 5.76. The number of hydrogen-bond acceptors (Lipinski definition) is 2. The molecule has 18 heavy (non-hydrogen) atoms. The summed E-state index contributed by atoms with van der Waals surface area (Å²) in [6.45, 7) is 1.81. The molecular formula is C15H27NO2. The van der Waals surface area contributed by atoms with Crippen molar-refractivity contribution in [2.45, 2.75) is 57.8 Å². The van der Waals surface area contributed by atoms with Crippen molar-refractivity contribution in [3.8, 4) is 0 Å². The fourth-order valence-corrected chi connectivity index (χ4v) is 3.52. The maximum absolute atomic E-state index is 11.3. The van der Waals surface area contributed by atoms with E-state index in [0.29, 0.717) is 0 Å². The lowest BCUT2D eigenvalue weighted by atomic mass is 9.68. The van der Waals surface area contributed by atoms with Gasteiger partial charge in [-0.25, -0.2) is 0 Å². The highest BCUT2D eigenvalue weighted by Crippen LogP contribution is 2.41. The summed E-state index contributed by atoms with van der Waals surface area (Å²) in [7, 11) is 2.09. The Labute approximate surface area is 111 Å². The second-order valence-corrected chi connectivity index (χ2v) is 6.47. The molecule has 0 aromatic heterocycles. The van der Waals surface area contributed by atoms with Crippen molar-refractivity contribution in [2.75, 3.05) is 20.1 Å². The van der Waals surface area contributed by atoms with Crippen LogP contribution < -0.4 is 0 Å². The van der Waals surface area contributed by atoms with Gasteiger partial charge in [0.2, 0.25) is 0 Å². The molecule has 104 valence electrons. The number of carboxylic acids is 1. The standard InChI is InChI=1S/C15H27NO2/c1-16(11-8-13-6-3-2-4-7-13)12-15(14(17)18)9-5-10-15/h13H,2-12H2,1H3,(H,17,18). The summed E-state index contributed by atoms with van der Waals surface area (Å²) in [5.74, 6) is 0.307. The molecule has 0 unspecified atom stereocenters. The molecular weight excluding hydrogens is 226 g/mol. The van der Waals surface area contributed by atoms with E-state index in [1.54, 1.807) is 0 Å². The Balaban J connectivity index is 1.71. The van der Waals surface area contributed by atoms with Gasteiger partial charge in [0.05, 0.1) is 5.41 Å². The molecule has 0 aliphatic heterocycles. The molecule has 0 atom stereocenters. The molecule has 0 aromatic rings. The summed E-state index contributed by atoms with van der Waals surface area (Å²) < 4.78 is 0. The van der Waals surface area contributed by atoms with Gasteiger partial charge in [-0.05, 0) is 38.8 Å². The first-order valence-corrected chi connectivity index (χ1v) is 7.54. The first-order chi connectivity index (χ1) is 8.62. The molecule has 0 radical (unpaired) electrons. The summed E-state index contributed by atoms with van der Waals surface area (Å²) in [4.78, 5) is 13.6. The van der Waals surface area contributed by atoms with Gasteiger partial charge in [-0.1, -0.05) is 38.5 Å². The fraction of sp³-hybridized carbons (Fsp3) is 0.933. The average molecular weight is 253 g/mol. The van der Waals surface area contributed by atoms with Crippen molar-refractivity contribution in [3.05, 3.63) is 0 Å². The van der Waals surface area contributed by atoms with Gasteiger partial charge in [-0.15, -0.1) is 0 Å². The molecule has 2 aliphatic rings. The van der Waals surface area contributed by atoms with Crippen LogP contribution in [0.2, 0.25) is 0 Å². The van der Waals surface area contributed by atoms with Crippen LogP contribution in [0.4, 0.5) is 0 Å². The van der Waals surface area contributed by atoms with Crippen LogP contribution in [-0.2, 0) is 4.79 Å². The van der Waals surface area contributed by atoms with Gasteiger partial charge in [0.25, 0.3) is 0 Å². The van der Waals surface area contributed by atoms with Crippen LogP contribution in [-0.4, -0.2) is 36.1 Å². The Morgan fingerprint density at radius 1 is 1.22 bits per heavy atom. The molecule has 1 N–H and O–H groups in total. The largest absolute Gasteiger partial charge is 0.481 e. The molecule has 0 heterocycles. The van der Waals surface area contributed by atoms with E-state index >= 15 is 0 Å². The summed E-state index contributed by atoms with van der Waals surface area (Å²) in [5, 5.41) is 9.32. The molecule has 0 spiro atoms. The molecule has 3 heteroatoms. The van der Waals surface area contributed by atoms with Crippen LogP contribution >= 0.6 is 0 Å². The third-order valence-electron chi connectivity index (χ3n) is 4.98. The molecule has 0 saturated heterocycles. The van der Waals surface area contributed by atoms with Gasteiger partial charge in [0, 0.05) is 6.54 Å². The van der Waals surface area contributed by atoms with E-state index in [-0.39, 0.29) is 0 Å². The van der Waals surface area contributed by atoms with Crippen molar-refractivity contribution in [3.63, 3.8) is 0 Å². The molecule has 2 saturated carbocycles. The summed E-state index contributed by atoms with van der Waals surface area (Å²) >= 11 is 0. The minimum atomic E-state index is -0.585. The molecule has 2 rings (SSSR count). The summed E-state index contributed by atoms with van der Waals surface area (Å²) in [6, 6.07) is 0. The van der Waals surface area contributed by atoms with E-state index in [9.17, 15) is 9.90 Å². The minimum Gasteiger partial charge on any atom is -0.481 e. The predicted octanol–water partition coefficient (Wildman–Crippen LogP) is 3.14. The smallest absolute Gasteiger partial charge is 0.310 e. The zero-order valence-electron chi connectivity index (χ0n) is 11.7. The quantitative estimate of drug-likeness (QED) is 0.790. The zero-order valence-corrected chi connectivity index (χ0v) is 11.7. The van der Waals surface area contributed by atoms with Gasteiger partial charge >= 0.3 is 5.97 Å². The Morgan fingerprint density at radius 2 is 1.89 bits per heavy atom. The average Bonchev–Trinajstić information content (AvgIpc) is 2.32. The van der Waals surface area contributed by atoms with E-state index in [4.69, 9.17) is 0 Å². The monoisotopic (exact) mass is 253 g/mol. The van der Waals surface area contributed by atoms with E-state index in [1.807, 2.05) is 0 Å². The molecule has 0 amide bonds. The summed E-state index contributed by atoms with van der Waals surface area (Å²) in [6.07, 6.45) is 11.1. The number of carboxylic acid groups (broad SMARTS) is 1. The maximum Gasteiger partial charge on any atom is 0.310 e. The van der Waals surface area contributed by atoms with Crippen molar-refractivity contribution in [2.24, 2.45) is 11.3 Å². The van der Waals surface area contributed by atoms with E-state index in [0.717, 1.165) is 38.3 Å². The van der Waals surface area contributed by atoms with Crippen LogP contribution in [0.1, 0.15) is 57.8 Å². The van der Waals surface area contributed by atoms with Crippen molar-refractivity contribution in [1.82, 2.24) is 4.90 Å². The normalized spacial score (nSPS) is 23.9. The topological polar surface area (TPSA) is 40.5 Å². The number of rotatable bonds is 6. The van der Waals surface area contributed by atoms with E-state index < -0.39 is 11.4 Å². The Bertz CT molecular complexity index is 280. The van der Waals surface area contributed by atoms with Crippen LogP contribution in [0.25, 0.3) is 0 Å². The lowest BCUT2D eigenvalue weighted by Gasteiger charge is -2.40. The second-order valence-electron chi connectivity index (χ2n) is 6.47. The first kappa shape index (κ1) is 13.9. The van der Waals surface area contributed by atoms with Crippen LogP contribution in [0.5, 0.6) is 0 Å². The third-order valence-corrected chi connectivity index (χ3v) is 4.98. The van der Waals surface area contributed by atoms with Crippen LogP contribution in [0.3, 0.4) is 0 Å². The Kier molecular flexibility index (Phi) is 4.66. The fourth-order valence-electron chi connectivity index (χ4n) is 3.52. The first-order valence-electron chi connectivity index (χ1n) is 7.54. The van der Waals surface area contributed by atoms with Gasteiger partial charge in [0.1, 0.15) is 0 Å². The zero-order chi connectivity index (χ0) is 13.0. The molecule has 3 nitrogen and oxygen atoms in total. The van der Waals surface area contributed by atoms with Crippen molar-refractivity contribution >= 4 is 5.97 Å². The Morgan fingerprint density at radius 3 is 2.39 bits per heavy atom. The lowest BCUT2D eigenvalue weighted by molar-refractivity contribution is -0.156. The number of hydrogen-bond donors (Lipinski definition) is 1. The highest BCUT2D eigenvalue weighted by atomic mass is 16.4. The maximum atomic E-state index is 11.3. The SMILES string of the molecule is CN(CCC1CCCCC1)CC1(C(=O)O)CCC1. The Hall–Kier alpha value is -0.570. The summed E-state index contributed by atoms with van der Waals surface area (Å²) in [5.41, 5.74) is -0.415. The van der Waals surface area contributed by atoms with E-state index in [1.165, 1.54) is 38.5 Å². The van der Waals surface area contributed by atoms with Gasteiger partial charge in [-0.3, -0.25) is 4.79 Å². The number of aliphatic carboxylic acids is 1. The molecule has 0 aromatic carbocycles. The number of carbonyl (C=O) groups is 1. The minimum absolute atomic E-state index is 0.415. The number of nitrogens with zero attached hydrogens (tertiary/aromatic N) is 1. The highest BCUT2D eigenvalue weighted by Gasteiger charge is 2.44. The molecule has 2 aliphatic carbocycles. The van der Waals surface area contributed by atoms with Crippen LogP contribution in [0.15, 0.2) is 0 Å². The third kappa shape index (κ3) is 3.25. The predicted molar refractivity (Wildman–Crippen MR) is 72.6 cm³/mol. The van der Waals surface area contributed by atoms with Crippen molar-refractivity contribution in [1.29, 1.82) is 0 Å². The van der Waals surface area contributed by atoms with E-state index in [2.05, 4.69) is 11.9 Å². The van der Waals surface area contributed by atoms with Crippen LogP contribution in [0, 0.1) is 11.3 Å². The van der Waals surface area contributed by atoms with Gasteiger partial charge < -0.3 is 10.0 Å². The molecule has 0 bridgehead atoms.